The van der Waals surface area contributed by atoms with E-state index in [2.05, 4.69) is 17.6 Å². The number of unbranched alkanes of at least 4 members (excludes halogenated alkanes) is 1. The summed E-state index contributed by atoms with van der Waals surface area (Å²) in [5, 5.41) is 13.9. The molecule has 1 heterocycles. The second kappa shape index (κ2) is 8.06. The van der Waals surface area contributed by atoms with Gasteiger partial charge >= 0.3 is 12.0 Å². The van der Waals surface area contributed by atoms with Crippen molar-refractivity contribution >= 4 is 12.0 Å². The molecule has 1 aliphatic heterocycles. The summed E-state index contributed by atoms with van der Waals surface area (Å²) in [6, 6.07) is -1.45. The van der Waals surface area contributed by atoms with Gasteiger partial charge in [-0.05, 0) is 12.8 Å². The highest BCUT2D eigenvalue weighted by Crippen LogP contribution is 2.31. The maximum atomic E-state index is 11.2. The molecule has 0 aliphatic carbocycles. The standard InChI is InChI=1S/C13H24N2O5/c1-3-4-6-13(19-8-9-20-13)7-5-10(11(16)17)15-12(18)14-2/h10H,3-9H2,1-2H3,(H,16,17)(H2,14,15,18)/t10-/m1/s1. The Morgan fingerprint density at radius 1 is 1.30 bits per heavy atom. The van der Waals surface area contributed by atoms with E-state index < -0.39 is 23.8 Å². The van der Waals surface area contributed by atoms with Gasteiger partial charge in [0.2, 0.25) is 0 Å². The molecule has 1 atom stereocenters. The topological polar surface area (TPSA) is 96.9 Å². The first-order valence-corrected chi connectivity index (χ1v) is 7.02. The van der Waals surface area contributed by atoms with Crippen LogP contribution in [0.25, 0.3) is 0 Å². The molecule has 0 unspecified atom stereocenters. The Morgan fingerprint density at radius 3 is 2.45 bits per heavy atom. The van der Waals surface area contributed by atoms with Gasteiger partial charge in [-0.15, -0.1) is 0 Å². The fourth-order valence-corrected chi connectivity index (χ4v) is 2.21. The first kappa shape index (κ1) is 16.7. The number of carbonyl (C=O) groups is 2. The zero-order valence-corrected chi connectivity index (χ0v) is 12.1. The molecule has 2 amide bonds. The zero-order valence-electron chi connectivity index (χ0n) is 12.1. The Kier molecular flexibility index (Phi) is 6.74. The fraction of sp³-hybridized carbons (Fsp3) is 0.846. The number of carboxylic acid groups (broad SMARTS) is 1. The van der Waals surface area contributed by atoms with Gasteiger partial charge in [0.15, 0.2) is 5.79 Å². The van der Waals surface area contributed by atoms with Gasteiger partial charge in [0.05, 0.1) is 13.2 Å². The Morgan fingerprint density at radius 2 is 1.95 bits per heavy atom. The number of amides is 2. The Hall–Kier alpha value is -1.34. The minimum atomic E-state index is -1.06. The second-order valence-corrected chi connectivity index (χ2v) is 4.86. The van der Waals surface area contributed by atoms with Crippen molar-refractivity contribution in [2.45, 2.75) is 50.9 Å². The van der Waals surface area contributed by atoms with Crippen LogP contribution in [0.15, 0.2) is 0 Å². The SMILES string of the molecule is CCCCC1(CC[C@@H](NC(=O)NC)C(=O)O)OCCO1. The van der Waals surface area contributed by atoms with Crippen LogP contribution in [0.1, 0.15) is 39.0 Å². The lowest BCUT2D eigenvalue weighted by molar-refractivity contribution is -0.170. The van der Waals surface area contributed by atoms with E-state index in [1.165, 1.54) is 7.05 Å². The van der Waals surface area contributed by atoms with Crippen LogP contribution in [-0.4, -0.2) is 49.2 Å². The van der Waals surface area contributed by atoms with E-state index in [-0.39, 0.29) is 6.42 Å². The highest BCUT2D eigenvalue weighted by atomic mass is 16.7. The minimum absolute atomic E-state index is 0.270. The van der Waals surface area contributed by atoms with Gasteiger partial charge in [-0.3, -0.25) is 0 Å². The van der Waals surface area contributed by atoms with E-state index in [9.17, 15) is 9.59 Å². The number of ether oxygens (including phenoxy) is 2. The molecule has 0 aromatic rings. The third-order valence-electron chi connectivity index (χ3n) is 3.37. The number of urea groups is 1. The molecular formula is C13H24N2O5. The van der Waals surface area contributed by atoms with Gasteiger partial charge in [-0.2, -0.15) is 0 Å². The molecule has 1 rings (SSSR count). The largest absolute Gasteiger partial charge is 0.480 e. The van der Waals surface area contributed by atoms with Crippen LogP contribution in [0.5, 0.6) is 0 Å². The van der Waals surface area contributed by atoms with E-state index >= 15 is 0 Å². The molecule has 7 heteroatoms. The summed E-state index contributed by atoms with van der Waals surface area (Å²) in [5.41, 5.74) is 0. The number of carboxylic acids is 1. The van der Waals surface area contributed by atoms with Crippen molar-refractivity contribution in [3.05, 3.63) is 0 Å². The summed E-state index contributed by atoms with van der Waals surface area (Å²) in [6.07, 6.45) is 3.45. The average Bonchev–Trinajstić information content (AvgIpc) is 2.89. The highest BCUT2D eigenvalue weighted by molar-refractivity contribution is 5.82. The second-order valence-electron chi connectivity index (χ2n) is 4.86. The Labute approximate surface area is 119 Å². The molecule has 1 aliphatic rings. The van der Waals surface area contributed by atoms with E-state index in [1.807, 2.05) is 0 Å². The van der Waals surface area contributed by atoms with Crippen molar-refractivity contribution in [3.8, 4) is 0 Å². The average molecular weight is 288 g/mol. The van der Waals surface area contributed by atoms with Gasteiger partial charge in [0, 0.05) is 19.9 Å². The summed E-state index contributed by atoms with van der Waals surface area (Å²) < 4.78 is 11.3. The number of rotatable bonds is 8. The molecule has 0 aromatic heterocycles. The van der Waals surface area contributed by atoms with Crippen LogP contribution >= 0.6 is 0 Å². The van der Waals surface area contributed by atoms with Crippen molar-refractivity contribution < 1.29 is 24.2 Å². The summed E-state index contributed by atoms with van der Waals surface area (Å²) >= 11 is 0. The van der Waals surface area contributed by atoms with Gasteiger partial charge in [0.1, 0.15) is 6.04 Å². The van der Waals surface area contributed by atoms with E-state index in [0.29, 0.717) is 19.6 Å². The number of hydrogen-bond donors (Lipinski definition) is 3. The van der Waals surface area contributed by atoms with Gasteiger partial charge in [-0.1, -0.05) is 13.3 Å². The number of hydrogen-bond acceptors (Lipinski definition) is 4. The van der Waals surface area contributed by atoms with Crippen molar-refractivity contribution in [3.63, 3.8) is 0 Å². The van der Waals surface area contributed by atoms with E-state index in [1.54, 1.807) is 0 Å². The smallest absolute Gasteiger partial charge is 0.326 e. The first-order chi connectivity index (χ1) is 9.53. The van der Waals surface area contributed by atoms with Crippen LogP contribution in [0.4, 0.5) is 4.79 Å². The third kappa shape index (κ3) is 4.97. The van der Waals surface area contributed by atoms with Gasteiger partial charge < -0.3 is 25.2 Å². The summed E-state index contributed by atoms with van der Waals surface area (Å²) in [6.45, 7) is 3.14. The molecule has 0 aromatic carbocycles. The van der Waals surface area contributed by atoms with Crippen LogP contribution < -0.4 is 10.6 Å². The summed E-state index contributed by atoms with van der Waals surface area (Å²) in [7, 11) is 1.44. The van der Waals surface area contributed by atoms with Crippen LogP contribution in [0.3, 0.4) is 0 Å². The van der Waals surface area contributed by atoms with Gasteiger partial charge in [-0.25, -0.2) is 9.59 Å². The zero-order chi connectivity index (χ0) is 15.0. The molecule has 0 spiro atoms. The van der Waals surface area contributed by atoms with Gasteiger partial charge in [0.25, 0.3) is 0 Å². The van der Waals surface area contributed by atoms with Crippen molar-refractivity contribution in [2.75, 3.05) is 20.3 Å². The van der Waals surface area contributed by atoms with Crippen LogP contribution in [-0.2, 0) is 14.3 Å². The minimum Gasteiger partial charge on any atom is -0.480 e. The molecule has 0 saturated carbocycles. The quantitative estimate of drug-likeness (QED) is 0.621. The predicted molar refractivity (Wildman–Crippen MR) is 72.4 cm³/mol. The summed E-state index contributed by atoms with van der Waals surface area (Å²) in [4.78, 5) is 22.4. The van der Waals surface area contributed by atoms with E-state index in [0.717, 1.165) is 19.3 Å². The molecule has 3 N–H and O–H groups in total. The maximum absolute atomic E-state index is 11.2. The third-order valence-corrected chi connectivity index (χ3v) is 3.37. The molecule has 0 radical (unpaired) electrons. The van der Waals surface area contributed by atoms with Crippen molar-refractivity contribution in [1.82, 2.24) is 10.6 Å². The first-order valence-electron chi connectivity index (χ1n) is 7.02. The maximum Gasteiger partial charge on any atom is 0.326 e. The number of nitrogens with one attached hydrogen (secondary N) is 2. The van der Waals surface area contributed by atoms with Crippen molar-refractivity contribution in [1.29, 1.82) is 0 Å². The monoisotopic (exact) mass is 288 g/mol. The lowest BCUT2D eigenvalue weighted by Gasteiger charge is -2.28. The normalized spacial score (nSPS) is 18.5. The molecule has 0 bridgehead atoms. The molecule has 1 fully saturated rings. The highest BCUT2D eigenvalue weighted by Gasteiger charge is 2.37. The molecule has 20 heavy (non-hydrogen) atoms. The Balaban J connectivity index is 2.54. The molecular weight excluding hydrogens is 264 g/mol. The van der Waals surface area contributed by atoms with Crippen molar-refractivity contribution in [2.24, 2.45) is 0 Å². The lowest BCUT2D eigenvalue weighted by Crippen LogP contribution is -2.46. The molecule has 7 nitrogen and oxygen atoms in total. The number of carbonyl (C=O) groups excluding carboxylic acids is 1. The fourth-order valence-electron chi connectivity index (χ4n) is 2.21. The van der Waals surface area contributed by atoms with E-state index in [4.69, 9.17) is 14.6 Å². The summed E-state index contributed by atoms with van der Waals surface area (Å²) in [5.74, 6) is -1.74. The lowest BCUT2D eigenvalue weighted by atomic mass is 10.00. The number of aliphatic carboxylic acids is 1. The molecule has 1 saturated heterocycles. The van der Waals surface area contributed by atoms with Crippen LogP contribution in [0.2, 0.25) is 0 Å². The molecule has 116 valence electrons. The van der Waals surface area contributed by atoms with Crippen LogP contribution in [0, 0.1) is 0 Å². The Bertz CT molecular complexity index is 329. The predicted octanol–water partition coefficient (Wildman–Crippen LogP) is 1.08.